The quantitative estimate of drug-likeness (QED) is 0.187. The van der Waals surface area contributed by atoms with Crippen LogP contribution >= 0.6 is 11.6 Å². The molecule has 0 saturated heterocycles. The summed E-state index contributed by atoms with van der Waals surface area (Å²) in [6, 6.07) is 29.5. The standard InChI is InChI=1S/C31H37ClN4/c1-35(20-9-8-18-33-30-17-19-34-31-23-28(32)15-16-29(30)31)21-10-22-36(24-26-11-4-2-5-12-26)25-27-13-6-3-7-14-27/h2-7,11-17,19,23H,8-10,18,20-22,24-25H2,1H3,(H,33,34). The Labute approximate surface area is 220 Å². The van der Waals surface area contributed by atoms with Crippen molar-refractivity contribution in [3.05, 3.63) is 107 Å². The van der Waals surface area contributed by atoms with Crippen LogP contribution in [-0.2, 0) is 13.1 Å². The van der Waals surface area contributed by atoms with Crippen LogP contribution in [-0.4, -0.2) is 48.0 Å². The fourth-order valence-electron chi connectivity index (χ4n) is 4.58. The van der Waals surface area contributed by atoms with Gasteiger partial charge in [0.15, 0.2) is 0 Å². The van der Waals surface area contributed by atoms with E-state index in [0.717, 1.165) is 67.3 Å². The normalized spacial score (nSPS) is 11.4. The van der Waals surface area contributed by atoms with Gasteiger partial charge in [0.2, 0.25) is 0 Å². The second-order valence-corrected chi connectivity index (χ2v) is 9.93. The van der Waals surface area contributed by atoms with Gasteiger partial charge in [0, 0.05) is 48.5 Å². The fraction of sp³-hybridized carbons (Fsp3) is 0.323. The summed E-state index contributed by atoms with van der Waals surface area (Å²) in [4.78, 5) is 9.45. The molecule has 0 fully saturated rings. The van der Waals surface area contributed by atoms with E-state index in [9.17, 15) is 0 Å². The molecule has 4 aromatic rings. The van der Waals surface area contributed by atoms with Crippen molar-refractivity contribution < 1.29 is 0 Å². The van der Waals surface area contributed by atoms with Crippen LogP contribution in [0.15, 0.2) is 91.1 Å². The van der Waals surface area contributed by atoms with Gasteiger partial charge in [-0.1, -0.05) is 72.3 Å². The molecule has 0 amide bonds. The van der Waals surface area contributed by atoms with Crippen molar-refractivity contribution in [1.29, 1.82) is 0 Å². The molecular formula is C31H37ClN4. The van der Waals surface area contributed by atoms with Gasteiger partial charge >= 0.3 is 0 Å². The predicted octanol–water partition coefficient (Wildman–Crippen LogP) is 7.10. The van der Waals surface area contributed by atoms with E-state index in [4.69, 9.17) is 11.6 Å². The van der Waals surface area contributed by atoms with E-state index in [0.29, 0.717) is 0 Å². The van der Waals surface area contributed by atoms with Gasteiger partial charge in [0.25, 0.3) is 0 Å². The van der Waals surface area contributed by atoms with Crippen molar-refractivity contribution in [2.75, 3.05) is 38.5 Å². The van der Waals surface area contributed by atoms with Crippen molar-refractivity contribution in [2.24, 2.45) is 0 Å². The lowest BCUT2D eigenvalue weighted by atomic mass is 10.1. The third kappa shape index (κ3) is 8.34. The van der Waals surface area contributed by atoms with Gasteiger partial charge in [-0.05, 0) is 74.8 Å². The molecule has 0 aliphatic heterocycles. The van der Waals surface area contributed by atoms with Crippen LogP contribution in [0, 0.1) is 0 Å². The van der Waals surface area contributed by atoms with Gasteiger partial charge in [-0.25, -0.2) is 0 Å². The average molecular weight is 501 g/mol. The molecule has 1 aromatic heterocycles. The highest BCUT2D eigenvalue weighted by Gasteiger charge is 2.08. The zero-order chi connectivity index (χ0) is 25.0. The lowest BCUT2D eigenvalue weighted by molar-refractivity contribution is 0.230. The lowest BCUT2D eigenvalue weighted by Crippen LogP contribution is -2.28. The number of fused-ring (bicyclic) bond motifs is 1. The van der Waals surface area contributed by atoms with Crippen molar-refractivity contribution >= 4 is 28.2 Å². The average Bonchev–Trinajstić information content (AvgIpc) is 2.89. The van der Waals surface area contributed by atoms with Crippen LogP contribution < -0.4 is 5.32 Å². The molecule has 0 unspecified atom stereocenters. The monoisotopic (exact) mass is 500 g/mol. The first-order chi connectivity index (χ1) is 17.7. The number of hydrogen-bond donors (Lipinski definition) is 1. The van der Waals surface area contributed by atoms with Crippen molar-refractivity contribution in [1.82, 2.24) is 14.8 Å². The third-order valence-electron chi connectivity index (χ3n) is 6.50. The van der Waals surface area contributed by atoms with E-state index in [1.165, 1.54) is 24.0 Å². The Kier molecular flexibility index (Phi) is 10.2. The first kappa shape index (κ1) is 26.2. The van der Waals surface area contributed by atoms with Crippen LogP contribution in [0.3, 0.4) is 0 Å². The maximum atomic E-state index is 6.10. The zero-order valence-corrected chi connectivity index (χ0v) is 22.0. The summed E-state index contributed by atoms with van der Waals surface area (Å²) in [6.45, 7) is 6.25. The Balaban J connectivity index is 1.17. The molecule has 1 heterocycles. The summed E-state index contributed by atoms with van der Waals surface area (Å²) in [5, 5.41) is 5.42. The number of pyridine rings is 1. The van der Waals surface area contributed by atoms with Gasteiger partial charge in [-0.15, -0.1) is 0 Å². The molecule has 36 heavy (non-hydrogen) atoms. The van der Waals surface area contributed by atoms with E-state index < -0.39 is 0 Å². The van der Waals surface area contributed by atoms with Crippen molar-refractivity contribution in [3.8, 4) is 0 Å². The SMILES string of the molecule is CN(CCCCNc1ccnc2cc(Cl)ccc12)CCCN(Cc1ccccc1)Cc1ccccc1. The molecule has 4 nitrogen and oxygen atoms in total. The molecule has 0 saturated carbocycles. The van der Waals surface area contributed by atoms with Crippen molar-refractivity contribution in [3.63, 3.8) is 0 Å². The Morgan fingerprint density at radius 3 is 2.11 bits per heavy atom. The third-order valence-corrected chi connectivity index (χ3v) is 6.73. The molecule has 188 valence electrons. The molecule has 1 N–H and O–H groups in total. The van der Waals surface area contributed by atoms with E-state index >= 15 is 0 Å². The number of benzene rings is 3. The number of aromatic nitrogens is 1. The molecule has 0 spiro atoms. The second kappa shape index (κ2) is 14.0. The molecule has 0 aliphatic carbocycles. The molecule has 0 atom stereocenters. The number of nitrogens with one attached hydrogen (secondary N) is 1. The smallest absolute Gasteiger partial charge is 0.0737 e. The molecule has 0 aliphatic rings. The number of hydrogen-bond acceptors (Lipinski definition) is 4. The van der Waals surface area contributed by atoms with Crippen LogP contribution in [0.5, 0.6) is 0 Å². The van der Waals surface area contributed by atoms with E-state index in [1.54, 1.807) is 0 Å². The topological polar surface area (TPSA) is 31.4 Å². The predicted molar refractivity (Wildman–Crippen MR) is 154 cm³/mol. The number of anilines is 1. The van der Waals surface area contributed by atoms with E-state index in [2.05, 4.69) is 87.8 Å². The van der Waals surface area contributed by atoms with Gasteiger partial charge in [-0.2, -0.15) is 0 Å². The summed E-state index contributed by atoms with van der Waals surface area (Å²) in [5.74, 6) is 0. The molecule has 4 rings (SSSR count). The van der Waals surface area contributed by atoms with Crippen LogP contribution in [0.4, 0.5) is 5.69 Å². The Morgan fingerprint density at radius 2 is 1.42 bits per heavy atom. The minimum absolute atomic E-state index is 0.721. The summed E-state index contributed by atoms with van der Waals surface area (Å²) in [6.07, 6.45) is 5.32. The summed E-state index contributed by atoms with van der Waals surface area (Å²) >= 11 is 6.10. The van der Waals surface area contributed by atoms with Crippen LogP contribution in [0.2, 0.25) is 5.02 Å². The highest BCUT2D eigenvalue weighted by atomic mass is 35.5. The van der Waals surface area contributed by atoms with Crippen molar-refractivity contribution in [2.45, 2.75) is 32.4 Å². The maximum absolute atomic E-state index is 6.10. The minimum Gasteiger partial charge on any atom is -0.384 e. The van der Waals surface area contributed by atoms with Crippen LogP contribution in [0.25, 0.3) is 10.9 Å². The zero-order valence-electron chi connectivity index (χ0n) is 21.2. The Bertz CT molecular complexity index is 1140. The number of nitrogens with zero attached hydrogens (tertiary/aromatic N) is 3. The summed E-state index contributed by atoms with van der Waals surface area (Å²) in [5.41, 5.74) is 4.81. The number of rotatable bonds is 14. The number of unbranched alkanes of at least 4 members (excludes halogenated alkanes) is 1. The van der Waals surface area contributed by atoms with E-state index in [1.807, 2.05) is 30.5 Å². The summed E-state index contributed by atoms with van der Waals surface area (Å²) in [7, 11) is 2.24. The molecule has 0 bridgehead atoms. The largest absolute Gasteiger partial charge is 0.384 e. The van der Waals surface area contributed by atoms with Crippen LogP contribution in [0.1, 0.15) is 30.4 Å². The van der Waals surface area contributed by atoms with Gasteiger partial charge in [-0.3, -0.25) is 9.88 Å². The lowest BCUT2D eigenvalue weighted by Gasteiger charge is -2.24. The summed E-state index contributed by atoms with van der Waals surface area (Å²) < 4.78 is 0. The minimum atomic E-state index is 0.721. The molecule has 3 aromatic carbocycles. The Morgan fingerprint density at radius 1 is 0.750 bits per heavy atom. The van der Waals surface area contributed by atoms with Gasteiger partial charge in [0.1, 0.15) is 0 Å². The highest BCUT2D eigenvalue weighted by molar-refractivity contribution is 6.31. The molecule has 0 radical (unpaired) electrons. The first-order valence-electron chi connectivity index (χ1n) is 12.9. The van der Waals surface area contributed by atoms with E-state index in [-0.39, 0.29) is 0 Å². The van der Waals surface area contributed by atoms with Gasteiger partial charge < -0.3 is 10.2 Å². The fourth-order valence-corrected chi connectivity index (χ4v) is 4.74. The molecule has 5 heteroatoms. The maximum Gasteiger partial charge on any atom is 0.0737 e. The van der Waals surface area contributed by atoms with Gasteiger partial charge in [0.05, 0.1) is 5.52 Å². The second-order valence-electron chi connectivity index (χ2n) is 9.49. The number of halogens is 1. The Hall–Kier alpha value is -2.92. The first-order valence-corrected chi connectivity index (χ1v) is 13.3. The highest BCUT2D eigenvalue weighted by Crippen LogP contribution is 2.24. The molecular weight excluding hydrogens is 464 g/mol.